The second-order valence-corrected chi connectivity index (χ2v) is 5.83. The fraction of sp³-hybridized carbons (Fsp3) is 0.308. The first-order chi connectivity index (χ1) is 8.18. The zero-order chi connectivity index (χ0) is 12.3. The predicted molar refractivity (Wildman–Crippen MR) is 76.2 cm³/mol. The van der Waals surface area contributed by atoms with E-state index in [9.17, 15) is 0 Å². The van der Waals surface area contributed by atoms with Gasteiger partial charge in [0.25, 0.3) is 0 Å². The van der Waals surface area contributed by atoms with Gasteiger partial charge >= 0.3 is 0 Å². The first kappa shape index (κ1) is 12.7. The molecule has 0 radical (unpaired) electrons. The molecule has 2 nitrogen and oxygen atoms in total. The van der Waals surface area contributed by atoms with Crippen molar-refractivity contribution in [3.05, 3.63) is 50.9 Å². The predicted octanol–water partition coefficient (Wildman–Crippen LogP) is 4.32. The van der Waals surface area contributed by atoms with Gasteiger partial charge in [-0.3, -0.25) is 4.98 Å². The molecule has 1 unspecified atom stereocenters. The number of aromatic nitrogens is 1. The molecule has 0 amide bonds. The van der Waals surface area contributed by atoms with Crippen molar-refractivity contribution in [1.82, 2.24) is 10.3 Å². The van der Waals surface area contributed by atoms with E-state index in [1.807, 2.05) is 24.5 Å². The fourth-order valence-electron chi connectivity index (χ4n) is 1.81. The Bertz CT molecular complexity index is 469. The van der Waals surface area contributed by atoms with Crippen LogP contribution in [0.15, 0.2) is 40.4 Å². The van der Waals surface area contributed by atoms with Crippen LogP contribution < -0.4 is 5.32 Å². The maximum absolute atomic E-state index is 4.04. The van der Waals surface area contributed by atoms with Crippen molar-refractivity contribution in [1.29, 1.82) is 0 Å². The normalized spacial score (nSPS) is 14.5. The highest BCUT2D eigenvalue weighted by Crippen LogP contribution is 2.30. The molecule has 2 rings (SSSR count). The summed E-state index contributed by atoms with van der Waals surface area (Å²) in [5.41, 5.74) is 1.26. The summed E-state index contributed by atoms with van der Waals surface area (Å²) in [6.45, 7) is 4.36. The van der Waals surface area contributed by atoms with Crippen molar-refractivity contribution in [2.75, 3.05) is 0 Å². The van der Waals surface area contributed by atoms with Crippen LogP contribution in [0, 0.1) is 0 Å². The Morgan fingerprint density at radius 2 is 1.88 bits per heavy atom. The summed E-state index contributed by atoms with van der Waals surface area (Å²) < 4.78 is 1.18. The van der Waals surface area contributed by atoms with E-state index in [0.29, 0.717) is 12.1 Å². The van der Waals surface area contributed by atoms with Crippen LogP contribution in [0.1, 0.15) is 36.4 Å². The Kier molecular flexibility index (Phi) is 4.31. The smallest absolute Gasteiger partial charge is 0.0402 e. The van der Waals surface area contributed by atoms with Gasteiger partial charge in [0.05, 0.1) is 0 Å². The van der Waals surface area contributed by atoms with Crippen molar-refractivity contribution in [3.8, 4) is 0 Å². The van der Waals surface area contributed by atoms with Crippen molar-refractivity contribution >= 4 is 27.3 Å². The number of nitrogens with zero attached hydrogens (tertiary/aromatic N) is 1. The Hall–Kier alpha value is -0.710. The lowest BCUT2D eigenvalue weighted by molar-refractivity contribution is 0.499. The molecule has 0 aliphatic carbocycles. The van der Waals surface area contributed by atoms with Gasteiger partial charge < -0.3 is 5.32 Å². The lowest BCUT2D eigenvalue weighted by Gasteiger charge is -2.19. The maximum atomic E-state index is 4.04. The first-order valence-corrected chi connectivity index (χ1v) is 7.24. The van der Waals surface area contributed by atoms with E-state index in [1.54, 1.807) is 11.3 Å². The number of pyridine rings is 1. The molecule has 0 fully saturated rings. The zero-order valence-corrected chi connectivity index (χ0v) is 12.3. The van der Waals surface area contributed by atoms with Crippen molar-refractivity contribution in [2.45, 2.75) is 25.9 Å². The number of thiophene rings is 1. The number of rotatable bonds is 4. The Morgan fingerprint density at radius 1 is 1.18 bits per heavy atom. The van der Waals surface area contributed by atoms with Gasteiger partial charge in [-0.15, -0.1) is 11.3 Å². The molecule has 2 heterocycles. The third-order valence-corrected chi connectivity index (χ3v) is 4.80. The molecule has 0 saturated heterocycles. The highest BCUT2D eigenvalue weighted by atomic mass is 79.9. The van der Waals surface area contributed by atoms with Crippen molar-refractivity contribution in [3.63, 3.8) is 0 Å². The summed E-state index contributed by atoms with van der Waals surface area (Å²) in [4.78, 5) is 5.38. The topological polar surface area (TPSA) is 24.9 Å². The van der Waals surface area contributed by atoms with Crippen LogP contribution in [-0.2, 0) is 0 Å². The minimum absolute atomic E-state index is 0.321. The molecule has 2 atom stereocenters. The van der Waals surface area contributed by atoms with Gasteiger partial charge in [0.2, 0.25) is 0 Å². The van der Waals surface area contributed by atoms with Crippen LogP contribution >= 0.6 is 27.3 Å². The van der Waals surface area contributed by atoms with Crippen molar-refractivity contribution in [2.24, 2.45) is 0 Å². The minimum Gasteiger partial charge on any atom is -0.303 e. The highest BCUT2D eigenvalue weighted by molar-refractivity contribution is 9.10. The van der Waals surface area contributed by atoms with Gasteiger partial charge in [-0.25, -0.2) is 0 Å². The summed E-state index contributed by atoms with van der Waals surface area (Å²) in [6.07, 6.45) is 3.67. The molecular formula is C13H15BrN2S. The molecule has 0 saturated carbocycles. The lowest BCUT2D eigenvalue weighted by atomic mass is 10.1. The molecule has 0 aromatic carbocycles. The summed E-state index contributed by atoms with van der Waals surface area (Å²) >= 11 is 5.35. The van der Waals surface area contributed by atoms with Gasteiger partial charge in [-0.2, -0.15) is 0 Å². The zero-order valence-electron chi connectivity index (χ0n) is 9.85. The largest absolute Gasteiger partial charge is 0.303 e. The molecule has 2 aromatic heterocycles. The van der Waals surface area contributed by atoms with E-state index >= 15 is 0 Å². The van der Waals surface area contributed by atoms with E-state index in [-0.39, 0.29) is 0 Å². The van der Waals surface area contributed by atoms with Crippen LogP contribution in [0.4, 0.5) is 0 Å². The summed E-state index contributed by atoms with van der Waals surface area (Å²) in [5, 5.41) is 5.70. The Labute approximate surface area is 114 Å². The molecule has 0 aliphatic heterocycles. The standard InChI is InChI=1S/C13H15BrN2S/c1-9(11-3-6-15-7-4-11)16-10(2)13-12(14)5-8-17-13/h3-10,16H,1-2H3/t9-,10?/m1/s1. The van der Waals surface area contributed by atoms with Gasteiger partial charge in [-0.1, -0.05) is 0 Å². The average molecular weight is 311 g/mol. The average Bonchev–Trinajstić information content (AvgIpc) is 2.76. The fourth-order valence-corrected chi connectivity index (χ4v) is 3.55. The first-order valence-electron chi connectivity index (χ1n) is 5.57. The van der Waals surface area contributed by atoms with Gasteiger partial charge in [0.1, 0.15) is 0 Å². The maximum Gasteiger partial charge on any atom is 0.0402 e. The minimum atomic E-state index is 0.321. The van der Waals surface area contributed by atoms with Crippen LogP contribution in [0.3, 0.4) is 0 Å². The summed E-state index contributed by atoms with van der Waals surface area (Å²) in [7, 11) is 0. The van der Waals surface area contributed by atoms with Crippen LogP contribution in [0.25, 0.3) is 0 Å². The highest BCUT2D eigenvalue weighted by Gasteiger charge is 2.14. The SMILES string of the molecule is CC(N[C@H](C)c1ccncc1)c1sccc1Br. The summed E-state index contributed by atoms with van der Waals surface area (Å²) in [6, 6.07) is 6.85. The van der Waals surface area contributed by atoms with E-state index in [1.165, 1.54) is 14.9 Å². The second-order valence-electron chi connectivity index (χ2n) is 4.02. The van der Waals surface area contributed by atoms with E-state index in [0.717, 1.165) is 0 Å². The van der Waals surface area contributed by atoms with Crippen LogP contribution in [-0.4, -0.2) is 4.98 Å². The van der Waals surface area contributed by atoms with Crippen LogP contribution in [0.2, 0.25) is 0 Å². The number of nitrogens with one attached hydrogen (secondary N) is 1. The Morgan fingerprint density at radius 3 is 2.47 bits per heavy atom. The van der Waals surface area contributed by atoms with Gasteiger partial charge in [0.15, 0.2) is 0 Å². The van der Waals surface area contributed by atoms with Gasteiger partial charge in [-0.05, 0) is 58.9 Å². The molecule has 2 aromatic rings. The third kappa shape index (κ3) is 3.15. The molecular weight excluding hydrogens is 296 g/mol. The molecule has 1 N–H and O–H groups in total. The lowest BCUT2D eigenvalue weighted by Crippen LogP contribution is -2.22. The third-order valence-electron chi connectivity index (χ3n) is 2.74. The van der Waals surface area contributed by atoms with Crippen molar-refractivity contribution < 1.29 is 0 Å². The van der Waals surface area contributed by atoms with E-state index in [4.69, 9.17) is 0 Å². The van der Waals surface area contributed by atoms with Crippen LogP contribution in [0.5, 0.6) is 0 Å². The number of hydrogen-bond acceptors (Lipinski definition) is 3. The second kappa shape index (κ2) is 5.76. The molecule has 17 heavy (non-hydrogen) atoms. The Balaban J connectivity index is 2.05. The van der Waals surface area contributed by atoms with E-state index < -0.39 is 0 Å². The number of hydrogen-bond donors (Lipinski definition) is 1. The van der Waals surface area contributed by atoms with E-state index in [2.05, 4.69) is 51.5 Å². The molecule has 0 bridgehead atoms. The van der Waals surface area contributed by atoms with Gasteiger partial charge in [0, 0.05) is 33.8 Å². The molecule has 0 spiro atoms. The molecule has 0 aliphatic rings. The molecule has 90 valence electrons. The molecule has 4 heteroatoms. The number of halogens is 1. The summed E-state index contributed by atoms with van der Waals surface area (Å²) in [5.74, 6) is 0. The monoisotopic (exact) mass is 310 g/mol. The quantitative estimate of drug-likeness (QED) is 0.909.